The highest BCUT2D eigenvalue weighted by Crippen LogP contribution is 2.35. The number of hydrogen-bond donors (Lipinski definition) is 1. The van der Waals surface area contributed by atoms with Crippen LogP contribution in [0.15, 0.2) is 36.4 Å². The third kappa shape index (κ3) is 5.82. The maximum atomic E-state index is 13.3. The summed E-state index contributed by atoms with van der Waals surface area (Å²) in [6, 6.07) is 6.46. The van der Waals surface area contributed by atoms with Gasteiger partial charge in [0.05, 0.1) is 11.8 Å². The van der Waals surface area contributed by atoms with E-state index in [-0.39, 0.29) is 55.0 Å². The first-order chi connectivity index (χ1) is 15.8. The van der Waals surface area contributed by atoms with Crippen LogP contribution in [0.1, 0.15) is 51.5 Å². The molecule has 4 amide bonds. The molecule has 1 fully saturated rings. The van der Waals surface area contributed by atoms with Crippen molar-refractivity contribution in [3.05, 3.63) is 47.0 Å². The number of carbonyl (C=O) groups is 4. The number of nitrogens with zero attached hydrogens (tertiary/aromatic N) is 2. The van der Waals surface area contributed by atoms with E-state index in [1.807, 2.05) is 31.2 Å². The molecule has 2 aliphatic rings. The van der Waals surface area contributed by atoms with Gasteiger partial charge in [-0.25, -0.2) is 0 Å². The molecule has 3 rings (SSSR count). The molecular formula is C25H32ClN3O4. The molecule has 1 aliphatic heterocycles. The molecule has 1 saturated heterocycles. The minimum atomic E-state index is -0.720. The van der Waals surface area contributed by atoms with E-state index in [0.29, 0.717) is 24.4 Å². The largest absolute Gasteiger partial charge is 0.354 e. The van der Waals surface area contributed by atoms with Crippen molar-refractivity contribution in [2.45, 2.75) is 58.5 Å². The summed E-state index contributed by atoms with van der Waals surface area (Å²) in [5.74, 6) is -1.59. The number of rotatable bonds is 10. The first kappa shape index (κ1) is 25.0. The second-order valence-electron chi connectivity index (χ2n) is 8.67. The van der Waals surface area contributed by atoms with E-state index in [4.69, 9.17) is 11.6 Å². The topological polar surface area (TPSA) is 86.8 Å². The summed E-state index contributed by atoms with van der Waals surface area (Å²) in [6.45, 7) is 4.45. The van der Waals surface area contributed by atoms with Crippen LogP contribution in [0.2, 0.25) is 5.02 Å². The fourth-order valence-electron chi connectivity index (χ4n) is 4.37. The molecule has 0 bridgehead atoms. The number of fused-ring (bicyclic) bond motifs is 1. The normalized spacial score (nSPS) is 20.5. The summed E-state index contributed by atoms with van der Waals surface area (Å²) >= 11 is 6.31. The molecule has 1 aliphatic carbocycles. The predicted molar refractivity (Wildman–Crippen MR) is 126 cm³/mol. The lowest BCUT2D eigenvalue weighted by molar-refractivity contribution is -0.143. The molecule has 0 aromatic heterocycles. The van der Waals surface area contributed by atoms with Gasteiger partial charge in [-0.1, -0.05) is 55.3 Å². The molecule has 1 N–H and O–H groups in total. The number of allylic oxidation sites excluding steroid dienone is 2. The van der Waals surface area contributed by atoms with Gasteiger partial charge >= 0.3 is 0 Å². The van der Waals surface area contributed by atoms with Crippen molar-refractivity contribution in [2.24, 2.45) is 11.8 Å². The summed E-state index contributed by atoms with van der Waals surface area (Å²) in [5.41, 5.74) is 0.728. The average Bonchev–Trinajstić information content (AvgIpc) is 3.06. The Morgan fingerprint density at radius 3 is 2.39 bits per heavy atom. The highest BCUT2D eigenvalue weighted by atomic mass is 35.5. The average molecular weight is 474 g/mol. The maximum absolute atomic E-state index is 13.3. The minimum absolute atomic E-state index is 0.0205. The molecular weight excluding hydrogens is 442 g/mol. The fourth-order valence-corrected chi connectivity index (χ4v) is 4.56. The molecule has 7 nitrogen and oxygen atoms in total. The van der Waals surface area contributed by atoms with Crippen molar-refractivity contribution in [1.29, 1.82) is 0 Å². The van der Waals surface area contributed by atoms with E-state index in [1.165, 1.54) is 9.80 Å². The highest BCUT2D eigenvalue weighted by molar-refractivity contribution is 6.31. The predicted octanol–water partition coefficient (Wildman–Crippen LogP) is 3.31. The van der Waals surface area contributed by atoms with Gasteiger partial charge < -0.3 is 10.2 Å². The van der Waals surface area contributed by atoms with Crippen molar-refractivity contribution in [3.8, 4) is 0 Å². The number of benzene rings is 1. The van der Waals surface area contributed by atoms with Crippen LogP contribution >= 0.6 is 11.6 Å². The number of halogens is 1. The van der Waals surface area contributed by atoms with Gasteiger partial charge in [-0.15, -0.1) is 0 Å². The fraction of sp³-hybridized carbons (Fsp3) is 0.520. The maximum Gasteiger partial charge on any atom is 0.242 e. The van der Waals surface area contributed by atoms with E-state index >= 15 is 0 Å². The Hall–Kier alpha value is -2.67. The van der Waals surface area contributed by atoms with Gasteiger partial charge in [0.2, 0.25) is 23.6 Å². The third-order valence-corrected chi connectivity index (χ3v) is 6.81. The first-order valence-corrected chi connectivity index (χ1v) is 12.0. The van der Waals surface area contributed by atoms with Crippen LogP contribution < -0.4 is 5.32 Å². The van der Waals surface area contributed by atoms with E-state index in [2.05, 4.69) is 5.32 Å². The van der Waals surface area contributed by atoms with Crippen molar-refractivity contribution in [1.82, 2.24) is 15.1 Å². The van der Waals surface area contributed by atoms with Gasteiger partial charge in [0, 0.05) is 31.1 Å². The third-order valence-electron chi connectivity index (χ3n) is 6.44. The Labute approximate surface area is 200 Å². The molecule has 1 heterocycles. The van der Waals surface area contributed by atoms with E-state index in [1.54, 1.807) is 19.1 Å². The van der Waals surface area contributed by atoms with Crippen LogP contribution in [0.5, 0.6) is 0 Å². The number of imide groups is 1. The lowest BCUT2D eigenvalue weighted by atomic mass is 9.85. The zero-order valence-electron chi connectivity index (χ0n) is 19.3. The van der Waals surface area contributed by atoms with E-state index < -0.39 is 6.04 Å². The number of unbranched alkanes of at least 4 members (excludes halogenated alkanes) is 1. The van der Waals surface area contributed by atoms with Crippen LogP contribution in [-0.4, -0.2) is 52.6 Å². The van der Waals surface area contributed by atoms with Gasteiger partial charge in [0.1, 0.15) is 6.04 Å². The van der Waals surface area contributed by atoms with Crippen LogP contribution in [0.3, 0.4) is 0 Å². The summed E-state index contributed by atoms with van der Waals surface area (Å²) < 4.78 is 0. The number of nitrogens with one attached hydrogen (secondary N) is 1. The molecule has 1 aromatic rings. The van der Waals surface area contributed by atoms with Crippen molar-refractivity contribution in [3.63, 3.8) is 0 Å². The van der Waals surface area contributed by atoms with Crippen LogP contribution in [0.25, 0.3) is 0 Å². The standard InChI is InChI=1S/C25H32ClN3O4/c1-3-4-14-27-23(31)17(2)29(16-18-9-5-8-12-21(18)26)22(30)13-15-28-24(32)19-10-6-7-11-20(19)25(28)33/h5-9,12,17,19-20H,3-4,10-11,13-16H2,1-2H3,(H,27,31)/t17?,19-,20+. The highest BCUT2D eigenvalue weighted by Gasteiger charge is 2.47. The zero-order chi connectivity index (χ0) is 24.0. The molecule has 178 valence electrons. The van der Waals surface area contributed by atoms with Gasteiger partial charge in [-0.2, -0.15) is 0 Å². The molecule has 8 heteroatoms. The second-order valence-corrected chi connectivity index (χ2v) is 9.07. The number of amides is 4. The SMILES string of the molecule is CCCCNC(=O)C(C)N(Cc1ccccc1Cl)C(=O)CCN1C(=O)[C@H]2CC=CC[C@H]2C1=O. The zero-order valence-corrected chi connectivity index (χ0v) is 20.0. The lowest BCUT2D eigenvalue weighted by Crippen LogP contribution is -2.48. The molecule has 33 heavy (non-hydrogen) atoms. The van der Waals surface area contributed by atoms with E-state index in [0.717, 1.165) is 18.4 Å². The Bertz CT molecular complexity index is 906. The quantitative estimate of drug-likeness (QED) is 0.321. The molecule has 0 saturated carbocycles. The summed E-state index contributed by atoms with van der Waals surface area (Å²) in [4.78, 5) is 54.1. The van der Waals surface area contributed by atoms with Crippen molar-refractivity contribution >= 4 is 35.2 Å². The Balaban J connectivity index is 1.70. The Morgan fingerprint density at radius 1 is 1.15 bits per heavy atom. The number of likely N-dealkylation sites (tertiary alicyclic amines) is 1. The molecule has 3 atom stereocenters. The number of carbonyl (C=O) groups excluding carboxylic acids is 4. The summed E-state index contributed by atoms with van der Waals surface area (Å²) in [7, 11) is 0. The van der Waals surface area contributed by atoms with Crippen LogP contribution in [0, 0.1) is 11.8 Å². The van der Waals surface area contributed by atoms with Crippen LogP contribution in [-0.2, 0) is 25.7 Å². The Kier molecular flexibility index (Phi) is 8.67. The summed E-state index contributed by atoms with van der Waals surface area (Å²) in [5, 5.41) is 3.38. The minimum Gasteiger partial charge on any atom is -0.354 e. The molecule has 0 spiro atoms. The Morgan fingerprint density at radius 2 is 1.79 bits per heavy atom. The smallest absolute Gasteiger partial charge is 0.242 e. The molecule has 0 radical (unpaired) electrons. The van der Waals surface area contributed by atoms with Gasteiger partial charge in [-0.05, 0) is 37.8 Å². The lowest BCUT2D eigenvalue weighted by Gasteiger charge is -2.29. The molecule has 1 unspecified atom stereocenters. The molecule has 1 aromatic carbocycles. The van der Waals surface area contributed by atoms with Gasteiger partial charge in [-0.3, -0.25) is 24.1 Å². The number of hydrogen-bond acceptors (Lipinski definition) is 4. The summed E-state index contributed by atoms with van der Waals surface area (Å²) in [6.07, 6.45) is 6.76. The second kappa shape index (κ2) is 11.5. The van der Waals surface area contributed by atoms with Gasteiger partial charge in [0.15, 0.2) is 0 Å². The van der Waals surface area contributed by atoms with Crippen molar-refractivity contribution < 1.29 is 19.2 Å². The van der Waals surface area contributed by atoms with Gasteiger partial charge in [0.25, 0.3) is 0 Å². The monoisotopic (exact) mass is 473 g/mol. The van der Waals surface area contributed by atoms with Crippen molar-refractivity contribution in [2.75, 3.05) is 13.1 Å². The van der Waals surface area contributed by atoms with E-state index in [9.17, 15) is 19.2 Å². The first-order valence-electron chi connectivity index (χ1n) is 11.7. The van der Waals surface area contributed by atoms with Crippen LogP contribution in [0.4, 0.5) is 0 Å².